The normalized spacial score (nSPS) is 15.6. The van der Waals surface area contributed by atoms with Gasteiger partial charge in [-0.05, 0) is 64.1 Å². The second-order valence-electron chi connectivity index (χ2n) is 8.36. The Morgan fingerprint density at radius 2 is 1.24 bits per heavy atom. The molecule has 34 heavy (non-hydrogen) atoms. The molecule has 0 spiro atoms. The Labute approximate surface area is 200 Å². The molecule has 4 heteroatoms. The van der Waals surface area contributed by atoms with Crippen LogP contribution in [0.15, 0.2) is 103 Å². The van der Waals surface area contributed by atoms with E-state index in [0.717, 1.165) is 29.0 Å². The second kappa shape index (κ2) is 9.72. The van der Waals surface area contributed by atoms with E-state index in [1.807, 2.05) is 24.3 Å². The molecule has 0 fully saturated rings. The predicted octanol–water partition coefficient (Wildman–Crippen LogP) is 5.05. The molecule has 3 aromatic carbocycles. The summed E-state index contributed by atoms with van der Waals surface area (Å²) < 4.78 is 11.3. The van der Waals surface area contributed by atoms with Crippen molar-refractivity contribution in [3.63, 3.8) is 0 Å². The van der Waals surface area contributed by atoms with Crippen molar-refractivity contribution >= 4 is 5.57 Å². The van der Waals surface area contributed by atoms with Crippen LogP contribution in [0.3, 0.4) is 0 Å². The van der Waals surface area contributed by atoms with Gasteiger partial charge in [0.15, 0.2) is 0 Å². The maximum absolute atomic E-state index is 9.12. The third-order valence-electron chi connectivity index (χ3n) is 6.45. The van der Waals surface area contributed by atoms with Crippen LogP contribution in [0.2, 0.25) is 0 Å². The lowest BCUT2D eigenvalue weighted by molar-refractivity contribution is 0.201. The smallest absolute Gasteiger partial charge is 0.119 e. The summed E-state index contributed by atoms with van der Waals surface area (Å²) in [6.45, 7) is 0.505. The average molecular weight is 453 g/mol. The molecule has 2 aliphatic rings. The van der Waals surface area contributed by atoms with Crippen LogP contribution in [0.4, 0.5) is 0 Å². The number of allylic oxidation sites excluding steroid dienone is 6. The molecule has 0 aromatic heterocycles. The van der Waals surface area contributed by atoms with Crippen LogP contribution in [0.5, 0.6) is 11.5 Å². The van der Waals surface area contributed by atoms with Crippen molar-refractivity contribution in [1.82, 2.24) is 0 Å². The molecule has 0 aliphatic heterocycles. The van der Waals surface area contributed by atoms with Crippen molar-refractivity contribution in [2.24, 2.45) is 0 Å². The molecular formula is C30H28O4. The molecule has 0 bridgehead atoms. The second-order valence-corrected chi connectivity index (χ2v) is 8.36. The minimum absolute atomic E-state index is 0.0167. The first kappa shape index (κ1) is 22.2. The molecule has 4 nitrogen and oxygen atoms in total. The van der Waals surface area contributed by atoms with Gasteiger partial charge in [0.25, 0.3) is 0 Å². The van der Waals surface area contributed by atoms with Gasteiger partial charge in [-0.2, -0.15) is 0 Å². The van der Waals surface area contributed by atoms with E-state index in [1.54, 1.807) is 0 Å². The van der Waals surface area contributed by atoms with E-state index in [1.165, 1.54) is 22.3 Å². The van der Waals surface area contributed by atoms with Crippen LogP contribution in [-0.2, 0) is 5.41 Å². The zero-order valence-electron chi connectivity index (χ0n) is 19.0. The fourth-order valence-electron chi connectivity index (χ4n) is 5.10. The first-order valence-electron chi connectivity index (χ1n) is 11.6. The summed E-state index contributed by atoms with van der Waals surface area (Å²) in [4.78, 5) is 0. The van der Waals surface area contributed by atoms with E-state index in [2.05, 4.69) is 72.8 Å². The summed E-state index contributed by atoms with van der Waals surface area (Å²) in [6.07, 6.45) is 9.84. The average Bonchev–Trinajstić information content (AvgIpc) is 3.01. The molecule has 172 valence electrons. The van der Waals surface area contributed by atoms with Gasteiger partial charge in [-0.3, -0.25) is 0 Å². The summed E-state index contributed by atoms with van der Waals surface area (Å²) in [7, 11) is 0. The van der Waals surface area contributed by atoms with E-state index in [9.17, 15) is 0 Å². The van der Waals surface area contributed by atoms with E-state index >= 15 is 0 Å². The Kier molecular flexibility index (Phi) is 6.35. The Hall–Kier alpha value is -3.60. The van der Waals surface area contributed by atoms with Gasteiger partial charge in [0.05, 0.1) is 18.6 Å². The highest BCUT2D eigenvalue weighted by molar-refractivity contribution is 5.92. The zero-order valence-corrected chi connectivity index (χ0v) is 19.0. The molecule has 5 rings (SSSR count). The minimum atomic E-state index is -0.498. The van der Waals surface area contributed by atoms with Crippen LogP contribution in [0.1, 0.15) is 28.7 Å². The van der Waals surface area contributed by atoms with Crippen molar-refractivity contribution in [1.29, 1.82) is 0 Å². The lowest BCUT2D eigenvalue weighted by atomic mass is 9.66. The van der Waals surface area contributed by atoms with Gasteiger partial charge in [0.1, 0.15) is 24.7 Å². The highest BCUT2D eigenvalue weighted by Crippen LogP contribution is 2.55. The number of fused-ring (bicyclic) bond motifs is 2. The van der Waals surface area contributed by atoms with E-state index in [-0.39, 0.29) is 26.4 Å². The monoisotopic (exact) mass is 452 g/mol. The highest BCUT2D eigenvalue weighted by Gasteiger charge is 2.46. The molecule has 0 heterocycles. The van der Waals surface area contributed by atoms with Crippen LogP contribution in [0, 0.1) is 0 Å². The fraction of sp³-hybridized carbons (Fsp3) is 0.200. The lowest BCUT2D eigenvalue weighted by Gasteiger charge is -2.35. The van der Waals surface area contributed by atoms with Crippen LogP contribution in [-0.4, -0.2) is 36.6 Å². The van der Waals surface area contributed by atoms with Crippen molar-refractivity contribution in [3.8, 4) is 11.5 Å². The fourth-order valence-corrected chi connectivity index (χ4v) is 5.10. The SMILES string of the molecule is OCCOc1ccc(C2(c3ccc(OCCO)cc3)C3=C(C=CCC=C3)c3ccccc32)cc1. The Bertz CT molecular complexity index is 1180. The summed E-state index contributed by atoms with van der Waals surface area (Å²) in [5.74, 6) is 1.47. The molecule has 0 amide bonds. The van der Waals surface area contributed by atoms with Gasteiger partial charge in [-0.25, -0.2) is 0 Å². The number of hydrogen-bond donors (Lipinski definition) is 2. The maximum atomic E-state index is 9.12. The van der Waals surface area contributed by atoms with Crippen molar-refractivity contribution < 1.29 is 19.7 Å². The number of hydrogen-bond acceptors (Lipinski definition) is 4. The summed E-state index contributed by atoms with van der Waals surface area (Å²) in [6, 6.07) is 25.0. The summed E-state index contributed by atoms with van der Waals surface area (Å²) in [5.41, 5.74) is 6.75. The van der Waals surface area contributed by atoms with Gasteiger partial charge >= 0.3 is 0 Å². The summed E-state index contributed by atoms with van der Waals surface area (Å²) >= 11 is 0. The molecule has 0 saturated carbocycles. The number of rotatable bonds is 8. The van der Waals surface area contributed by atoms with Crippen LogP contribution < -0.4 is 9.47 Å². The molecule has 0 radical (unpaired) electrons. The largest absolute Gasteiger partial charge is 0.491 e. The number of benzene rings is 3. The van der Waals surface area contributed by atoms with Crippen LogP contribution >= 0.6 is 0 Å². The van der Waals surface area contributed by atoms with Gasteiger partial charge in [0, 0.05) is 0 Å². The standard InChI is InChI=1S/C30H28O4/c31-18-20-33-24-14-10-22(11-15-24)30(23-12-16-25(17-13-23)34-21-19-32)28-8-3-1-2-6-26(28)27-7-4-5-9-29(27)30/h2-17,31-32H,1,18-21H2. The molecular weight excluding hydrogens is 424 g/mol. The predicted molar refractivity (Wildman–Crippen MR) is 134 cm³/mol. The Balaban J connectivity index is 1.73. The number of aliphatic hydroxyl groups is 2. The lowest BCUT2D eigenvalue weighted by Crippen LogP contribution is -2.29. The van der Waals surface area contributed by atoms with Crippen LogP contribution in [0.25, 0.3) is 5.57 Å². The van der Waals surface area contributed by atoms with Gasteiger partial charge < -0.3 is 19.7 Å². The Morgan fingerprint density at radius 1 is 0.676 bits per heavy atom. The third-order valence-corrected chi connectivity index (χ3v) is 6.45. The van der Waals surface area contributed by atoms with E-state index < -0.39 is 5.41 Å². The minimum Gasteiger partial charge on any atom is -0.491 e. The number of aliphatic hydroxyl groups excluding tert-OH is 2. The molecule has 2 aliphatic carbocycles. The first-order chi connectivity index (χ1) is 16.8. The van der Waals surface area contributed by atoms with E-state index in [0.29, 0.717) is 0 Å². The quantitative estimate of drug-likeness (QED) is 0.502. The van der Waals surface area contributed by atoms with Crippen molar-refractivity contribution in [3.05, 3.63) is 125 Å². The summed E-state index contributed by atoms with van der Waals surface area (Å²) in [5, 5.41) is 18.2. The third kappa shape index (κ3) is 3.75. The van der Waals surface area contributed by atoms with E-state index in [4.69, 9.17) is 19.7 Å². The molecule has 0 unspecified atom stereocenters. The Morgan fingerprint density at radius 3 is 1.82 bits per heavy atom. The van der Waals surface area contributed by atoms with Gasteiger partial charge in [-0.15, -0.1) is 0 Å². The van der Waals surface area contributed by atoms with Crippen molar-refractivity contribution in [2.75, 3.05) is 26.4 Å². The molecule has 0 saturated heterocycles. The first-order valence-corrected chi connectivity index (χ1v) is 11.6. The maximum Gasteiger partial charge on any atom is 0.119 e. The highest BCUT2D eigenvalue weighted by atomic mass is 16.5. The van der Waals surface area contributed by atoms with Crippen molar-refractivity contribution in [2.45, 2.75) is 11.8 Å². The topological polar surface area (TPSA) is 58.9 Å². The zero-order chi connectivity index (χ0) is 23.4. The molecule has 0 atom stereocenters. The van der Waals surface area contributed by atoms with Gasteiger partial charge in [0.2, 0.25) is 0 Å². The number of ether oxygens (including phenoxy) is 2. The van der Waals surface area contributed by atoms with Gasteiger partial charge in [-0.1, -0.05) is 72.8 Å². The molecule has 3 aromatic rings. The molecule has 2 N–H and O–H groups in total.